The number of Topliss-reactive ketones (excluding diaryl/α,β-unsaturated/α-hetero) is 2. The highest BCUT2D eigenvalue weighted by Crippen LogP contribution is 2.71. The third-order valence-corrected chi connectivity index (χ3v) is 20.6. The first kappa shape index (κ1) is 67.6. The first-order valence-electron chi connectivity index (χ1n) is 33.2. The molecule has 2 amide bonds. The van der Waals surface area contributed by atoms with Crippen molar-refractivity contribution >= 4 is 57.0 Å². The Morgan fingerprint density at radius 2 is 1.40 bits per heavy atom. The Kier molecular flexibility index (Phi) is 18.5. The van der Waals surface area contributed by atoms with Crippen LogP contribution in [0.2, 0.25) is 0 Å². The van der Waals surface area contributed by atoms with Crippen LogP contribution >= 0.6 is 0 Å². The van der Waals surface area contributed by atoms with Crippen LogP contribution < -0.4 is 24.3 Å². The van der Waals surface area contributed by atoms with Gasteiger partial charge in [-0.15, -0.1) is 0 Å². The molecule has 4 heterocycles. The molecule has 5 fully saturated rings. The molecule has 5 N–H and O–H groups in total. The standard InChI is InChI=1S/C78H87N3O15/c1-43(2)19-18-36-76(9)37-35-56-67(94-76)55(33-28-44(3)4)69-60(68(56)93-73(90)46(6)79-71(88)49-29-31-52(32-30-49)91-74-66(86)65(85)63(83)58(42-82)92-74)64(84)61-62(80(10)40-50-24-16-22-47-20-12-14-26-53(47)50)57-39-59-75(7,8)96-77(70(57)87,78(59,61)95-69)38-34-45(5)72(89)81(11)41-51-25-17-23-48-21-13-15-27-54(48)51/h12-17,19-32,34-35,37,46,57-59,61-63,65-66,74,82-83,85-86H,18,33,36,38-42H2,1-11H3,(H,79,88)/t46?,57?,58-,59?,61?,62?,63-,65+,66-,74-,76?,77?,78?/m1/s1. The van der Waals surface area contributed by atoms with Gasteiger partial charge in [-0.2, -0.15) is 0 Å². The van der Waals surface area contributed by atoms with Crippen molar-refractivity contribution in [2.24, 2.45) is 17.8 Å². The molecule has 6 aromatic carbocycles. The summed E-state index contributed by atoms with van der Waals surface area (Å²) in [6.07, 6.45) is 3.72. The predicted octanol–water partition coefficient (Wildman–Crippen LogP) is 10.5. The molecule has 6 aromatic rings. The van der Waals surface area contributed by atoms with Gasteiger partial charge < -0.3 is 59.1 Å². The topological polar surface area (TPSA) is 240 Å². The van der Waals surface area contributed by atoms with Crippen molar-refractivity contribution in [3.05, 3.63) is 184 Å². The number of ether oxygens (including phenoxy) is 6. The molecular weight excluding hydrogens is 1220 g/mol. The second-order valence-electron chi connectivity index (χ2n) is 28.2. The number of nitrogens with one attached hydrogen (secondary N) is 1. The van der Waals surface area contributed by atoms with Gasteiger partial charge in [-0.3, -0.25) is 24.1 Å². The van der Waals surface area contributed by atoms with Gasteiger partial charge in [0, 0.05) is 61.1 Å². The van der Waals surface area contributed by atoms with E-state index in [0.29, 0.717) is 54.8 Å². The van der Waals surface area contributed by atoms with Crippen LogP contribution in [0.1, 0.15) is 131 Å². The lowest BCUT2D eigenvalue weighted by Crippen LogP contribution is -2.81. The molecular formula is C78H87N3O15. The van der Waals surface area contributed by atoms with Gasteiger partial charge in [0.25, 0.3) is 5.91 Å². The van der Waals surface area contributed by atoms with Crippen LogP contribution in [0.5, 0.6) is 23.0 Å². The highest BCUT2D eigenvalue weighted by atomic mass is 16.7. The molecule has 3 aliphatic carbocycles. The number of esters is 1. The quantitative estimate of drug-likeness (QED) is 0.0207. The molecule has 504 valence electrons. The van der Waals surface area contributed by atoms with Crippen molar-refractivity contribution < 1.29 is 72.8 Å². The number of rotatable bonds is 20. The Hall–Kier alpha value is -8.33. The zero-order valence-electron chi connectivity index (χ0n) is 56.4. The summed E-state index contributed by atoms with van der Waals surface area (Å²) in [6.45, 7) is 17.1. The third kappa shape index (κ3) is 12.0. The largest absolute Gasteiger partial charge is 0.482 e. The van der Waals surface area contributed by atoms with Crippen molar-refractivity contribution in [3.8, 4) is 23.0 Å². The number of likely N-dealkylation sites (N-methyl/N-ethyl adjacent to an activating group) is 1. The van der Waals surface area contributed by atoms with E-state index in [0.717, 1.165) is 43.8 Å². The van der Waals surface area contributed by atoms with E-state index in [1.54, 1.807) is 24.9 Å². The summed E-state index contributed by atoms with van der Waals surface area (Å²) in [4.78, 5) is 81.5. The lowest BCUT2D eigenvalue weighted by molar-refractivity contribution is -0.277. The van der Waals surface area contributed by atoms with Crippen molar-refractivity contribution in [1.82, 2.24) is 15.1 Å². The van der Waals surface area contributed by atoms with Crippen molar-refractivity contribution in [1.29, 1.82) is 0 Å². The number of fused-ring (bicyclic) bond motifs is 4. The van der Waals surface area contributed by atoms with Gasteiger partial charge in [0.15, 0.2) is 28.5 Å². The summed E-state index contributed by atoms with van der Waals surface area (Å²) in [5.74, 6) is -4.62. The second-order valence-corrected chi connectivity index (χ2v) is 28.2. The van der Waals surface area contributed by atoms with Crippen molar-refractivity contribution in [2.75, 3.05) is 20.7 Å². The fraction of sp³-hybridized carbons (Fsp3) is 0.423. The molecule has 13 atom stereocenters. The molecule has 4 aliphatic heterocycles. The number of carbonyl (C=O) groups excluding carboxylic acids is 5. The molecule has 18 heteroatoms. The first-order chi connectivity index (χ1) is 45.7. The third-order valence-electron chi connectivity index (χ3n) is 20.6. The smallest absolute Gasteiger partial charge is 0.333 e. The molecule has 3 saturated carbocycles. The number of benzene rings is 6. The Labute approximate surface area is 560 Å². The monoisotopic (exact) mass is 1310 g/mol. The maximum atomic E-state index is 17.3. The van der Waals surface area contributed by atoms with Crippen LogP contribution in [0.15, 0.2) is 150 Å². The average molecular weight is 1310 g/mol. The van der Waals surface area contributed by atoms with E-state index in [1.807, 2.05) is 134 Å². The Balaban J connectivity index is 0.969. The first-order valence-corrected chi connectivity index (χ1v) is 33.2. The van der Waals surface area contributed by atoms with E-state index in [4.69, 9.17) is 28.4 Å². The number of amides is 2. The Bertz CT molecular complexity index is 4190. The minimum Gasteiger partial charge on any atom is -0.482 e. The Morgan fingerprint density at radius 1 is 0.760 bits per heavy atom. The zero-order valence-corrected chi connectivity index (χ0v) is 56.4. The highest BCUT2D eigenvalue weighted by Gasteiger charge is 2.86. The van der Waals surface area contributed by atoms with Gasteiger partial charge in [0.2, 0.25) is 12.2 Å². The van der Waals surface area contributed by atoms with E-state index in [-0.39, 0.29) is 52.9 Å². The number of hydrogen-bond donors (Lipinski definition) is 5. The summed E-state index contributed by atoms with van der Waals surface area (Å²) in [5, 5.41) is 47.8. The van der Waals surface area contributed by atoms with E-state index in [9.17, 15) is 30.0 Å². The summed E-state index contributed by atoms with van der Waals surface area (Å²) in [6, 6.07) is 31.8. The SMILES string of the molecule is CC(C)=CCCC1(C)C=Cc2c(c(CC=C(C)C)c3c(c2OC(=O)C(C)NC(=O)c2ccc(O[C@@H]4O[C@H](CO)[C@@H](O)[C@H](O)[C@H]4O)cc2)C(=O)C2C(N(C)Cc4cccc5ccccc45)C4CC5C(C)(C)OC(CC=C(C)C(=O)N(C)Cc6cccc7ccccc67)(C4=O)C25O3)O1. The van der Waals surface area contributed by atoms with Gasteiger partial charge in [0.1, 0.15) is 58.9 Å². The molecule has 96 heavy (non-hydrogen) atoms. The predicted molar refractivity (Wildman–Crippen MR) is 363 cm³/mol. The Morgan fingerprint density at radius 3 is 2.04 bits per heavy atom. The van der Waals surface area contributed by atoms with Crippen molar-refractivity contribution in [3.63, 3.8) is 0 Å². The van der Waals surface area contributed by atoms with Crippen LogP contribution in [0, 0.1) is 17.8 Å². The number of carbonyl (C=O) groups is 5. The van der Waals surface area contributed by atoms with Crippen LogP contribution in [-0.2, 0) is 43.4 Å². The number of ketones is 2. The maximum absolute atomic E-state index is 17.3. The molecule has 18 nitrogen and oxygen atoms in total. The van der Waals surface area contributed by atoms with Crippen molar-refractivity contribution in [2.45, 2.75) is 173 Å². The molecule has 7 aliphatic rings. The zero-order chi connectivity index (χ0) is 68.5. The minimum atomic E-state index is -1.84. The van der Waals surface area contributed by atoms with Gasteiger partial charge in [0.05, 0.1) is 23.7 Å². The van der Waals surface area contributed by atoms with Gasteiger partial charge in [-0.25, -0.2) is 4.79 Å². The fourth-order valence-corrected chi connectivity index (χ4v) is 15.8. The van der Waals surface area contributed by atoms with Gasteiger partial charge >= 0.3 is 5.97 Å². The molecule has 13 rings (SSSR count). The summed E-state index contributed by atoms with van der Waals surface area (Å²) in [7, 11) is 3.70. The number of aliphatic hydroxyl groups is 4. The molecule has 0 aromatic heterocycles. The number of allylic oxidation sites excluding steroid dienone is 4. The van der Waals surface area contributed by atoms with E-state index < -0.39 is 107 Å². The van der Waals surface area contributed by atoms with Crippen LogP contribution in [0.3, 0.4) is 0 Å². The lowest BCUT2D eigenvalue weighted by Gasteiger charge is -2.64. The minimum absolute atomic E-state index is 0.0160. The molecule has 2 saturated heterocycles. The number of hydrogen-bond acceptors (Lipinski definition) is 16. The molecule has 8 unspecified atom stereocenters. The van der Waals surface area contributed by atoms with Gasteiger partial charge in [-0.05, 0) is 164 Å². The number of nitrogens with zero attached hydrogens (tertiary/aromatic N) is 2. The summed E-state index contributed by atoms with van der Waals surface area (Å²) >= 11 is 0. The molecule has 0 radical (unpaired) electrons. The normalized spacial score (nSPS) is 27.8. The summed E-state index contributed by atoms with van der Waals surface area (Å²) in [5.41, 5.74) is -0.214. The summed E-state index contributed by atoms with van der Waals surface area (Å²) < 4.78 is 40.7. The van der Waals surface area contributed by atoms with Gasteiger partial charge in [-0.1, -0.05) is 114 Å². The van der Waals surface area contributed by atoms with E-state index in [2.05, 4.69) is 40.6 Å². The lowest BCUT2D eigenvalue weighted by atomic mass is 9.44. The van der Waals surface area contributed by atoms with Crippen LogP contribution in [0.25, 0.3) is 27.6 Å². The second kappa shape index (κ2) is 26.2. The average Bonchev–Trinajstić information content (AvgIpc) is 1.39. The highest BCUT2D eigenvalue weighted by molar-refractivity contribution is 6.11. The van der Waals surface area contributed by atoms with Crippen LogP contribution in [-0.4, -0.2) is 145 Å². The number of aliphatic hydroxyl groups excluding tert-OH is 4. The fourth-order valence-electron chi connectivity index (χ4n) is 15.8. The molecule has 1 spiro atoms. The maximum Gasteiger partial charge on any atom is 0.333 e. The van der Waals surface area contributed by atoms with Crippen LogP contribution in [0.4, 0.5) is 0 Å². The van der Waals surface area contributed by atoms with E-state index >= 15 is 14.4 Å². The molecule has 4 bridgehead atoms. The van der Waals surface area contributed by atoms with E-state index in [1.165, 1.54) is 31.2 Å².